The summed E-state index contributed by atoms with van der Waals surface area (Å²) in [6.45, 7) is 13.7. The third-order valence-corrected chi connectivity index (χ3v) is 21.5. The Morgan fingerprint density at radius 1 is 0.250 bits per heavy atom. The van der Waals surface area contributed by atoms with Gasteiger partial charge in [-0.05, 0) is 109 Å². The molecule has 0 fully saturated rings. The standard InChI is InChI=1S/C54H78Br2N6S6/c1-7-13-19-25-31-37-43(45-39(33-27-21-15-9-3)59-51(65-45)53-61-41(47(55)67-53)35-29-23-17-11-5)63-49(57-37)50-58-38(32-26-20-14-8-2)44(64-50)46-40(34-28-22-16-10-4)60-52(66-46)54-62-42(48(56)68-54)36-30-24-18-12-6/h7-36H2,1-6H3. The van der Waals surface area contributed by atoms with Gasteiger partial charge in [0.1, 0.15) is 0 Å². The summed E-state index contributed by atoms with van der Waals surface area (Å²) in [6.07, 6.45) is 35.3. The highest BCUT2D eigenvalue weighted by molar-refractivity contribution is 9.11. The van der Waals surface area contributed by atoms with Gasteiger partial charge in [-0.1, -0.05) is 157 Å². The number of rotatable bonds is 35. The number of unbranched alkanes of at least 4 members (excludes halogenated alkanes) is 18. The normalized spacial score (nSPS) is 11.8. The second-order valence-corrected chi connectivity index (χ2v) is 27.2. The van der Waals surface area contributed by atoms with Crippen molar-refractivity contribution in [3.8, 4) is 49.6 Å². The number of hydrogen-bond acceptors (Lipinski definition) is 12. The average molecular weight is 1160 g/mol. The molecule has 0 saturated carbocycles. The first-order valence-corrected chi connectivity index (χ1v) is 33.1. The van der Waals surface area contributed by atoms with Crippen molar-refractivity contribution in [1.82, 2.24) is 29.9 Å². The monoisotopic (exact) mass is 1160 g/mol. The van der Waals surface area contributed by atoms with E-state index in [1.54, 1.807) is 22.7 Å². The molecule has 374 valence electrons. The van der Waals surface area contributed by atoms with Crippen LogP contribution in [0.15, 0.2) is 7.57 Å². The highest BCUT2D eigenvalue weighted by Gasteiger charge is 2.27. The van der Waals surface area contributed by atoms with E-state index in [1.165, 1.54) is 182 Å². The van der Waals surface area contributed by atoms with E-state index in [1.807, 2.05) is 45.3 Å². The molecule has 14 heteroatoms. The van der Waals surface area contributed by atoms with Crippen molar-refractivity contribution < 1.29 is 0 Å². The first-order chi connectivity index (χ1) is 33.3. The van der Waals surface area contributed by atoms with Crippen LogP contribution in [0.2, 0.25) is 0 Å². The van der Waals surface area contributed by atoms with Crippen LogP contribution >= 0.6 is 99.9 Å². The van der Waals surface area contributed by atoms with Gasteiger partial charge >= 0.3 is 0 Å². The summed E-state index contributed by atoms with van der Waals surface area (Å²) in [5.41, 5.74) is 7.26. The minimum atomic E-state index is 0.977. The van der Waals surface area contributed by atoms with Crippen molar-refractivity contribution in [1.29, 1.82) is 0 Å². The van der Waals surface area contributed by atoms with Crippen molar-refractivity contribution in [2.75, 3.05) is 0 Å². The van der Waals surface area contributed by atoms with Gasteiger partial charge in [-0.2, -0.15) is 0 Å². The van der Waals surface area contributed by atoms with Crippen LogP contribution in [0.3, 0.4) is 0 Å². The maximum atomic E-state index is 5.60. The summed E-state index contributed by atoms with van der Waals surface area (Å²) in [4.78, 5) is 37.8. The number of halogens is 2. The molecule has 0 bridgehead atoms. The Morgan fingerprint density at radius 2 is 0.441 bits per heavy atom. The lowest BCUT2D eigenvalue weighted by Gasteiger charge is -2.04. The molecule has 0 spiro atoms. The molecule has 0 aliphatic rings. The molecule has 0 aromatic carbocycles. The predicted molar refractivity (Wildman–Crippen MR) is 310 cm³/mol. The van der Waals surface area contributed by atoms with E-state index >= 15 is 0 Å². The Morgan fingerprint density at radius 3 is 0.662 bits per heavy atom. The molecule has 68 heavy (non-hydrogen) atoms. The topological polar surface area (TPSA) is 77.3 Å². The first kappa shape index (κ1) is 56.0. The smallest absolute Gasteiger partial charge is 0.153 e. The minimum Gasteiger partial charge on any atom is -0.238 e. The SMILES string of the molecule is CCCCCCc1nc(-c2nc(CCCCCC)c(-c3sc(-c4nc(CCCCCC)c(-c5sc(-c6nc(CCCCCC)c(Br)s6)nc5CCCCCC)s4)nc3CCCCCC)s2)sc1Br. The Kier molecular flexibility index (Phi) is 25.3. The molecule has 6 aromatic heterocycles. The second kappa shape index (κ2) is 30.7. The fourth-order valence-electron chi connectivity index (χ4n) is 8.63. The fraction of sp³-hybridized carbons (Fsp3) is 0.667. The number of aromatic nitrogens is 6. The largest absolute Gasteiger partial charge is 0.238 e. The van der Waals surface area contributed by atoms with E-state index in [0.29, 0.717) is 0 Å². The lowest BCUT2D eigenvalue weighted by atomic mass is 10.1. The fourth-order valence-corrected chi connectivity index (χ4v) is 16.7. The number of nitrogens with zero attached hydrogens (tertiary/aromatic N) is 6. The number of hydrogen-bond donors (Lipinski definition) is 0. The summed E-state index contributed by atoms with van der Waals surface area (Å²) in [7, 11) is 0. The van der Waals surface area contributed by atoms with Crippen molar-refractivity contribution in [2.24, 2.45) is 0 Å². The zero-order chi connectivity index (χ0) is 48.1. The Balaban J connectivity index is 1.42. The van der Waals surface area contributed by atoms with Gasteiger partial charge in [0, 0.05) is 0 Å². The summed E-state index contributed by atoms with van der Waals surface area (Å²) in [6, 6.07) is 0. The lowest BCUT2D eigenvalue weighted by Crippen LogP contribution is -1.93. The first-order valence-electron chi connectivity index (χ1n) is 26.6. The van der Waals surface area contributed by atoms with E-state index in [2.05, 4.69) is 73.4 Å². The Hall–Kier alpha value is -1.26. The molecule has 0 aliphatic heterocycles. The molecule has 0 saturated heterocycles. The molecule has 6 rings (SSSR count). The summed E-state index contributed by atoms with van der Waals surface area (Å²) in [5.74, 6) is 0. The van der Waals surface area contributed by atoms with Crippen LogP contribution in [0, 0.1) is 0 Å². The van der Waals surface area contributed by atoms with E-state index in [0.717, 1.165) is 102 Å². The van der Waals surface area contributed by atoms with Gasteiger partial charge in [0.15, 0.2) is 30.0 Å². The van der Waals surface area contributed by atoms with Crippen LogP contribution in [0.4, 0.5) is 0 Å². The van der Waals surface area contributed by atoms with Crippen molar-refractivity contribution >= 4 is 99.9 Å². The highest BCUT2D eigenvalue weighted by Crippen LogP contribution is 2.49. The molecule has 0 atom stereocenters. The van der Waals surface area contributed by atoms with Gasteiger partial charge in [-0.25, -0.2) is 29.9 Å². The maximum absolute atomic E-state index is 5.60. The van der Waals surface area contributed by atoms with Gasteiger partial charge in [-0.3, -0.25) is 0 Å². The van der Waals surface area contributed by atoms with Crippen LogP contribution in [-0.4, -0.2) is 29.9 Å². The molecular formula is C54H78Br2N6S6. The number of aryl methyl sites for hydroxylation is 6. The minimum absolute atomic E-state index is 0.977. The van der Waals surface area contributed by atoms with Crippen LogP contribution in [0.1, 0.15) is 230 Å². The third kappa shape index (κ3) is 16.4. The van der Waals surface area contributed by atoms with E-state index in [9.17, 15) is 0 Å². The van der Waals surface area contributed by atoms with Gasteiger partial charge in [0.2, 0.25) is 0 Å². The Bertz CT molecular complexity index is 2200. The van der Waals surface area contributed by atoms with Gasteiger partial charge in [0.05, 0.1) is 61.2 Å². The van der Waals surface area contributed by atoms with E-state index < -0.39 is 0 Å². The molecule has 0 N–H and O–H groups in total. The lowest BCUT2D eigenvalue weighted by molar-refractivity contribution is 0.660. The Labute approximate surface area is 451 Å². The molecular weight excluding hydrogens is 1080 g/mol. The van der Waals surface area contributed by atoms with E-state index in [4.69, 9.17) is 29.9 Å². The van der Waals surface area contributed by atoms with Crippen LogP contribution < -0.4 is 0 Å². The second-order valence-electron chi connectivity index (χ2n) is 18.5. The molecule has 0 amide bonds. The van der Waals surface area contributed by atoms with Gasteiger partial charge in [0.25, 0.3) is 0 Å². The average Bonchev–Trinajstić information content (AvgIpc) is 4.21. The summed E-state index contributed by atoms with van der Waals surface area (Å²) < 4.78 is 2.32. The van der Waals surface area contributed by atoms with Crippen LogP contribution in [-0.2, 0) is 38.5 Å². The van der Waals surface area contributed by atoms with Crippen molar-refractivity contribution in [3.63, 3.8) is 0 Å². The summed E-state index contributed by atoms with van der Waals surface area (Å²) in [5, 5.41) is 6.31. The zero-order valence-electron chi connectivity index (χ0n) is 42.1. The zero-order valence-corrected chi connectivity index (χ0v) is 50.2. The highest BCUT2D eigenvalue weighted by atomic mass is 79.9. The van der Waals surface area contributed by atoms with Crippen molar-refractivity contribution in [2.45, 2.75) is 234 Å². The molecule has 0 unspecified atom stereocenters. The quantitative estimate of drug-likeness (QED) is 0.0369. The summed E-state index contributed by atoms with van der Waals surface area (Å²) >= 11 is 18.7. The molecule has 0 aliphatic carbocycles. The van der Waals surface area contributed by atoms with Crippen LogP contribution in [0.5, 0.6) is 0 Å². The predicted octanol–water partition coefficient (Wildman–Crippen LogP) is 21.0. The van der Waals surface area contributed by atoms with E-state index in [-0.39, 0.29) is 0 Å². The van der Waals surface area contributed by atoms with Gasteiger partial charge in [-0.15, -0.1) is 68.0 Å². The third-order valence-electron chi connectivity index (χ3n) is 12.7. The van der Waals surface area contributed by atoms with Crippen LogP contribution in [0.25, 0.3) is 49.6 Å². The molecule has 0 radical (unpaired) electrons. The molecule has 6 heterocycles. The van der Waals surface area contributed by atoms with Crippen molar-refractivity contribution in [3.05, 3.63) is 41.7 Å². The molecule has 6 aromatic rings. The van der Waals surface area contributed by atoms with Gasteiger partial charge < -0.3 is 0 Å². The number of thiazole rings is 6. The maximum Gasteiger partial charge on any atom is 0.153 e. The molecule has 6 nitrogen and oxygen atoms in total.